The fraction of sp³-hybridized carbons (Fsp3) is 0.333. The van der Waals surface area contributed by atoms with Crippen LogP contribution < -0.4 is 0 Å². The molecule has 0 saturated carbocycles. The van der Waals surface area contributed by atoms with E-state index in [1.807, 2.05) is 26.0 Å². The van der Waals surface area contributed by atoms with Gasteiger partial charge < -0.3 is 9.84 Å². The first kappa shape index (κ1) is 14.3. The van der Waals surface area contributed by atoms with Crippen molar-refractivity contribution in [1.29, 1.82) is 0 Å². The highest BCUT2D eigenvalue weighted by Gasteiger charge is 2.15. The zero-order valence-corrected chi connectivity index (χ0v) is 11.9. The largest absolute Gasteiger partial charge is 0.476 e. The van der Waals surface area contributed by atoms with E-state index in [0.29, 0.717) is 13.2 Å². The van der Waals surface area contributed by atoms with E-state index in [-0.39, 0.29) is 5.69 Å². The van der Waals surface area contributed by atoms with Crippen molar-refractivity contribution in [1.82, 2.24) is 9.78 Å². The van der Waals surface area contributed by atoms with Crippen LogP contribution in [-0.4, -0.2) is 34.6 Å². The number of carboxylic acids is 1. The molecule has 0 aliphatic rings. The lowest BCUT2D eigenvalue weighted by molar-refractivity contribution is 0.0689. The third-order valence-electron chi connectivity index (χ3n) is 3.16. The molecule has 0 bridgehead atoms. The van der Waals surface area contributed by atoms with E-state index in [2.05, 4.69) is 11.2 Å². The van der Waals surface area contributed by atoms with Gasteiger partial charge in [-0.05, 0) is 25.5 Å². The summed E-state index contributed by atoms with van der Waals surface area (Å²) in [6.45, 7) is 5.04. The molecule has 0 unspecified atom stereocenters. The van der Waals surface area contributed by atoms with Gasteiger partial charge in [0.1, 0.15) is 0 Å². The zero-order chi connectivity index (χ0) is 14.7. The zero-order valence-electron chi connectivity index (χ0n) is 11.9. The molecule has 1 aromatic heterocycles. The average molecular weight is 274 g/mol. The van der Waals surface area contributed by atoms with Crippen LogP contribution in [0.4, 0.5) is 0 Å². The van der Waals surface area contributed by atoms with Crippen LogP contribution in [0.1, 0.15) is 21.6 Å². The molecule has 2 aromatic rings. The van der Waals surface area contributed by atoms with Gasteiger partial charge in [0.15, 0.2) is 5.69 Å². The first-order chi connectivity index (χ1) is 9.52. The quantitative estimate of drug-likeness (QED) is 0.910. The second-order valence-electron chi connectivity index (χ2n) is 4.75. The fourth-order valence-corrected chi connectivity index (χ4v) is 2.19. The molecule has 0 atom stereocenters. The maximum atomic E-state index is 11.1. The highest BCUT2D eigenvalue weighted by atomic mass is 16.5. The maximum absolute atomic E-state index is 11.1. The van der Waals surface area contributed by atoms with Crippen molar-refractivity contribution in [3.63, 3.8) is 0 Å². The van der Waals surface area contributed by atoms with Crippen LogP contribution in [0, 0.1) is 13.8 Å². The van der Waals surface area contributed by atoms with E-state index in [1.165, 1.54) is 5.56 Å². The van der Waals surface area contributed by atoms with Crippen LogP contribution in [0.3, 0.4) is 0 Å². The van der Waals surface area contributed by atoms with E-state index in [0.717, 1.165) is 16.8 Å². The standard InChI is InChI=1S/C15H18N2O3/c1-10-4-5-12(11(2)8-10)14-9-13(15(18)19)16-17(14)6-7-20-3/h4-5,8-9H,6-7H2,1-3H3,(H,18,19). The minimum absolute atomic E-state index is 0.0519. The lowest BCUT2D eigenvalue weighted by Crippen LogP contribution is -2.09. The molecule has 5 heteroatoms. The summed E-state index contributed by atoms with van der Waals surface area (Å²) in [4.78, 5) is 11.1. The highest BCUT2D eigenvalue weighted by Crippen LogP contribution is 2.25. The Labute approximate surface area is 117 Å². The molecule has 0 spiro atoms. The predicted octanol–water partition coefficient (Wildman–Crippen LogP) is 2.51. The third-order valence-corrected chi connectivity index (χ3v) is 3.16. The second kappa shape index (κ2) is 5.88. The predicted molar refractivity (Wildman–Crippen MR) is 76.0 cm³/mol. The molecule has 0 aliphatic carbocycles. The van der Waals surface area contributed by atoms with E-state index in [4.69, 9.17) is 9.84 Å². The minimum Gasteiger partial charge on any atom is -0.476 e. The Morgan fingerprint density at radius 1 is 1.35 bits per heavy atom. The lowest BCUT2D eigenvalue weighted by atomic mass is 10.0. The van der Waals surface area contributed by atoms with Crippen molar-refractivity contribution in [3.05, 3.63) is 41.1 Å². The van der Waals surface area contributed by atoms with Crippen LogP contribution >= 0.6 is 0 Å². The summed E-state index contributed by atoms with van der Waals surface area (Å²) in [6, 6.07) is 7.69. The monoisotopic (exact) mass is 274 g/mol. The summed E-state index contributed by atoms with van der Waals surface area (Å²) >= 11 is 0. The Kier molecular flexibility index (Phi) is 4.20. The Hall–Kier alpha value is -2.14. The van der Waals surface area contributed by atoms with E-state index < -0.39 is 5.97 Å². The average Bonchev–Trinajstić information content (AvgIpc) is 2.80. The summed E-state index contributed by atoms with van der Waals surface area (Å²) in [7, 11) is 1.61. The molecule has 20 heavy (non-hydrogen) atoms. The van der Waals surface area contributed by atoms with Crippen molar-refractivity contribution < 1.29 is 14.6 Å². The number of nitrogens with zero attached hydrogens (tertiary/aromatic N) is 2. The van der Waals surface area contributed by atoms with Crippen LogP contribution in [0.15, 0.2) is 24.3 Å². The number of carbonyl (C=O) groups is 1. The number of carboxylic acid groups (broad SMARTS) is 1. The molecular formula is C15H18N2O3. The van der Waals surface area contributed by atoms with Crippen LogP contribution in [0.5, 0.6) is 0 Å². The number of hydrogen-bond donors (Lipinski definition) is 1. The SMILES string of the molecule is COCCn1nc(C(=O)O)cc1-c1ccc(C)cc1C. The molecule has 0 amide bonds. The smallest absolute Gasteiger partial charge is 0.356 e. The van der Waals surface area contributed by atoms with Crippen LogP contribution in [-0.2, 0) is 11.3 Å². The molecular weight excluding hydrogens is 256 g/mol. The van der Waals surface area contributed by atoms with Crippen LogP contribution in [0.25, 0.3) is 11.3 Å². The lowest BCUT2D eigenvalue weighted by Gasteiger charge is -2.10. The van der Waals surface area contributed by atoms with Crippen molar-refractivity contribution in [3.8, 4) is 11.3 Å². The molecule has 0 fully saturated rings. The molecule has 1 heterocycles. The molecule has 0 radical (unpaired) electrons. The van der Waals surface area contributed by atoms with Gasteiger partial charge in [0.25, 0.3) is 0 Å². The fourth-order valence-electron chi connectivity index (χ4n) is 2.19. The normalized spacial score (nSPS) is 10.8. The Morgan fingerprint density at radius 2 is 2.10 bits per heavy atom. The number of hydrogen-bond acceptors (Lipinski definition) is 3. The number of ether oxygens (including phenoxy) is 1. The van der Waals surface area contributed by atoms with Crippen LogP contribution in [0.2, 0.25) is 0 Å². The summed E-state index contributed by atoms with van der Waals surface area (Å²) in [5.41, 5.74) is 4.12. The summed E-state index contributed by atoms with van der Waals surface area (Å²) in [5.74, 6) is -1.02. The van der Waals surface area contributed by atoms with Gasteiger partial charge in [-0.3, -0.25) is 4.68 Å². The van der Waals surface area contributed by atoms with Gasteiger partial charge in [-0.15, -0.1) is 0 Å². The van der Waals surface area contributed by atoms with Gasteiger partial charge >= 0.3 is 5.97 Å². The number of methoxy groups -OCH3 is 1. The van der Waals surface area contributed by atoms with Gasteiger partial charge in [0.05, 0.1) is 18.8 Å². The Bertz CT molecular complexity index is 632. The number of aromatic carboxylic acids is 1. The van der Waals surface area contributed by atoms with Crippen molar-refractivity contribution in [2.45, 2.75) is 20.4 Å². The van der Waals surface area contributed by atoms with Crippen molar-refractivity contribution in [2.75, 3.05) is 13.7 Å². The minimum atomic E-state index is -1.02. The number of aromatic nitrogens is 2. The van der Waals surface area contributed by atoms with Gasteiger partial charge in [-0.2, -0.15) is 5.10 Å². The van der Waals surface area contributed by atoms with E-state index in [9.17, 15) is 4.79 Å². The van der Waals surface area contributed by atoms with Gasteiger partial charge in [-0.1, -0.05) is 23.8 Å². The summed E-state index contributed by atoms with van der Waals surface area (Å²) in [5, 5.41) is 13.2. The third kappa shape index (κ3) is 2.88. The number of aryl methyl sites for hydroxylation is 2. The molecule has 0 saturated heterocycles. The molecule has 1 aromatic carbocycles. The number of rotatable bonds is 5. The maximum Gasteiger partial charge on any atom is 0.356 e. The molecule has 5 nitrogen and oxygen atoms in total. The highest BCUT2D eigenvalue weighted by molar-refractivity contribution is 5.87. The van der Waals surface area contributed by atoms with E-state index >= 15 is 0 Å². The van der Waals surface area contributed by atoms with Gasteiger partial charge in [0.2, 0.25) is 0 Å². The Balaban J connectivity index is 2.50. The molecule has 2 rings (SSSR count). The summed E-state index contributed by atoms with van der Waals surface area (Å²) < 4.78 is 6.73. The molecule has 106 valence electrons. The number of benzene rings is 1. The van der Waals surface area contributed by atoms with Gasteiger partial charge in [-0.25, -0.2) is 4.79 Å². The van der Waals surface area contributed by atoms with Crippen molar-refractivity contribution >= 4 is 5.97 Å². The topological polar surface area (TPSA) is 64.4 Å². The molecule has 1 N–H and O–H groups in total. The summed E-state index contributed by atoms with van der Waals surface area (Å²) in [6.07, 6.45) is 0. The van der Waals surface area contributed by atoms with Crippen molar-refractivity contribution in [2.24, 2.45) is 0 Å². The first-order valence-corrected chi connectivity index (χ1v) is 6.40. The first-order valence-electron chi connectivity index (χ1n) is 6.40. The second-order valence-corrected chi connectivity index (χ2v) is 4.75. The van der Waals surface area contributed by atoms with E-state index in [1.54, 1.807) is 17.9 Å². The van der Waals surface area contributed by atoms with Gasteiger partial charge in [0, 0.05) is 12.7 Å². The molecule has 0 aliphatic heterocycles. The Morgan fingerprint density at radius 3 is 2.70 bits per heavy atom.